The number of halogens is 3. The Hall–Kier alpha value is -2.48. The minimum Gasteiger partial charge on any atom is -0.362 e. The van der Waals surface area contributed by atoms with Crippen LogP contribution in [0.15, 0.2) is 42.5 Å². The van der Waals surface area contributed by atoms with Gasteiger partial charge in [-0.05, 0) is 55.9 Å². The summed E-state index contributed by atoms with van der Waals surface area (Å²) in [7, 11) is 3.99. The smallest absolute Gasteiger partial charge is 0.319 e. The highest BCUT2D eigenvalue weighted by Gasteiger charge is 2.23. The number of para-hydroxylation sites is 1. The van der Waals surface area contributed by atoms with Gasteiger partial charge in [-0.25, -0.2) is 9.78 Å². The Morgan fingerprint density at radius 3 is 2.50 bits per heavy atom. The number of aromatic nitrogens is 2. The van der Waals surface area contributed by atoms with E-state index in [1.807, 2.05) is 43.3 Å². The summed E-state index contributed by atoms with van der Waals surface area (Å²) in [4.78, 5) is 23.7. The molecule has 2 amide bonds. The average Bonchev–Trinajstić information content (AvgIpc) is 2.81. The van der Waals surface area contributed by atoms with Crippen LogP contribution >= 0.6 is 35.6 Å². The van der Waals surface area contributed by atoms with E-state index in [0.29, 0.717) is 40.2 Å². The van der Waals surface area contributed by atoms with Gasteiger partial charge in [0.25, 0.3) is 0 Å². The molecule has 3 aromatic rings. The lowest BCUT2D eigenvalue weighted by Gasteiger charge is -2.29. The molecule has 0 aliphatic heterocycles. The van der Waals surface area contributed by atoms with Crippen molar-refractivity contribution < 1.29 is 4.79 Å². The Morgan fingerprint density at radius 1 is 1.03 bits per heavy atom. The zero-order valence-electron chi connectivity index (χ0n) is 19.1. The Morgan fingerprint density at radius 2 is 1.76 bits per heavy atom. The highest BCUT2D eigenvalue weighted by Crippen LogP contribution is 2.30. The number of amides is 2. The fraction of sp³-hybridized carbons (Fsp3) is 0.375. The van der Waals surface area contributed by atoms with E-state index in [1.165, 1.54) is 0 Å². The number of nitrogens with zero attached hydrogens (tertiary/aromatic N) is 3. The number of anilines is 3. The molecule has 34 heavy (non-hydrogen) atoms. The molecule has 7 nitrogen and oxygen atoms in total. The maximum absolute atomic E-state index is 12.3. The molecule has 10 heteroatoms. The summed E-state index contributed by atoms with van der Waals surface area (Å²) in [6.45, 7) is 0.619. The molecule has 1 aliphatic carbocycles. The van der Waals surface area contributed by atoms with Gasteiger partial charge in [-0.1, -0.05) is 41.4 Å². The average molecular weight is 524 g/mol. The topological polar surface area (TPSA) is 82.2 Å². The first-order chi connectivity index (χ1) is 15.9. The summed E-state index contributed by atoms with van der Waals surface area (Å²) in [6, 6.07) is 13.3. The monoisotopic (exact) mass is 522 g/mol. The summed E-state index contributed by atoms with van der Waals surface area (Å²) >= 11 is 12.1. The molecule has 1 aliphatic rings. The van der Waals surface area contributed by atoms with Crippen LogP contribution in [0.3, 0.4) is 0 Å². The molecule has 0 atom stereocenters. The summed E-state index contributed by atoms with van der Waals surface area (Å²) in [6.07, 6.45) is 4.04. The summed E-state index contributed by atoms with van der Waals surface area (Å²) < 4.78 is 0. The van der Waals surface area contributed by atoms with E-state index >= 15 is 0 Å². The number of rotatable bonds is 6. The van der Waals surface area contributed by atoms with Crippen molar-refractivity contribution in [1.82, 2.24) is 15.3 Å². The maximum Gasteiger partial charge on any atom is 0.319 e. The largest absolute Gasteiger partial charge is 0.362 e. The van der Waals surface area contributed by atoms with Gasteiger partial charge in [-0.15, -0.1) is 12.4 Å². The number of nitrogens with one attached hydrogen (secondary N) is 3. The molecule has 0 spiro atoms. The first-order valence-electron chi connectivity index (χ1n) is 11.1. The number of carbonyl (C=O) groups excluding carboxylic acids is 1. The highest BCUT2D eigenvalue weighted by atomic mass is 35.5. The van der Waals surface area contributed by atoms with Crippen LogP contribution in [0.2, 0.25) is 10.0 Å². The second kappa shape index (κ2) is 11.8. The van der Waals surface area contributed by atoms with E-state index in [0.717, 1.165) is 42.4 Å². The minimum absolute atomic E-state index is 0. The third-order valence-corrected chi connectivity index (χ3v) is 6.76. The van der Waals surface area contributed by atoms with Gasteiger partial charge in [0.15, 0.2) is 0 Å². The summed E-state index contributed by atoms with van der Waals surface area (Å²) in [5.41, 5.74) is 1.43. The van der Waals surface area contributed by atoms with E-state index in [-0.39, 0.29) is 18.4 Å². The van der Waals surface area contributed by atoms with Gasteiger partial charge in [-0.3, -0.25) is 0 Å². The fourth-order valence-electron chi connectivity index (χ4n) is 4.16. The van der Waals surface area contributed by atoms with E-state index in [4.69, 9.17) is 33.2 Å². The van der Waals surface area contributed by atoms with Crippen molar-refractivity contribution in [3.8, 4) is 0 Å². The standard InChI is InChI=1S/C24H28Cl2N6O.ClH/c1-32(2)22-17-6-3-4-8-19(17)29-23(31-22)28-16-12-10-15(11-13-16)14-27-24(33)30-20-9-5-7-18(25)21(20)26;/h3-9,15-16H,10-14H2,1-2H3,(H2,27,30,33)(H,28,29,31);1H. The highest BCUT2D eigenvalue weighted by molar-refractivity contribution is 6.43. The molecule has 0 unspecified atom stereocenters. The maximum atomic E-state index is 12.3. The number of carbonyl (C=O) groups is 1. The first-order valence-corrected chi connectivity index (χ1v) is 11.9. The van der Waals surface area contributed by atoms with Crippen molar-refractivity contribution in [3.63, 3.8) is 0 Å². The molecule has 4 rings (SSSR count). The van der Waals surface area contributed by atoms with Crippen molar-refractivity contribution in [2.75, 3.05) is 36.2 Å². The van der Waals surface area contributed by atoms with Gasteiger partial charge < -0.3 is 20.9 Å². The number of hydrogen-bond acceptors (Lipinski definition) is 5. The quantitative estimate of drug-likeness (QED) is 0.357. The number of benzene rings is 2. The summed E-state index contributed by atoms with van der Waals surface area (Å²) in [5.74, 6) is 2.00. The van der Waals surface area contributed by atoms with Gasteiger partial charge in [0, 0.05) is 32.1 Å². The van der Waals surface area contributed by atoms with Crippen LogP contribution in [0.4, 0.5) is 22.2 Å². The van der Waals surface area contributed by atoms with Crippen LogP contribution in [0.25, 0.3) is 10.9 Å². The van der Waals surface area contributed by atoms with Gasteiger partial charge in [0.05, 0.1) is 21.2 Å². The van der Waals surface area contributed by atoms with E-state index in [2.05, 4.69) is 16.0 Å². The molecule has 0 radical (unpaired) electrons. The van der Waals surface area contributed by atoms with Crippen LogP contribution < -0.4 is 20.9 Å². The van der Waals surface area contributed by atoms with Crippen molar-refractivity contribution in [3.05, 3.63) is 52.5 Å². The van der Waals surface area contributed by atoms with Gasteiger partial charge in [0.1, 0.15) is 5.82 Å². The van der Waals surface area contributed by atoms with Crippen molar-refractivity contribution in [2.45, 2.75) is 31.7 Å². The van der Waals surface area contributed by atoms with Gasteiger partial charge >= 0.3 is 6.03 Å². The zero-order chi connectivity index (χ0) is 23.4. The molecule has 182 valence electrons. The van der Waals surface area contributed by atoms with Crippen molar-refractivity contribution in [1.29, 1.82) is 0 Å². The van der Waals surface area contributed by atoms with E-state index in [9.17, 15) is 4.79 Å². The van der Waals surface area contributed by atoms with Gasteiger partial charge in [0.2, 0.25) is 5.95 Å². The summed E-state index contributed by atoms with van der Waals surface area (Å²) in [5, 5.41) is 11.0. The number of fused-ring (bicyclic) bond motifs is 1. The molecule has 0 saturated heterocycles. The van der Waals surface area contributed by atoms with Crippen LogP contribution in [0.1, 0.15) is 25.7 Å². The molecule has 1 fully saturated rings. The second-order valence-corrected chi connectivity index (χ2v) is 9.37. The van der Waals surface area contributed by atoms with Crippen LogP contribution in [0, 0.1) is 5.92 Å². The van der Waals surface area contributed by atoms with E-state index < -0.39 is 0 Å². The molecule has 2 aromatic carbocycles. The molecule has 3 N–H and O–H groups in total. The lowest BCUT2D eigenvalue weighted by Crippen LogP contribution is -2.36. The SMILES string of the molecule is CN(C)c1nc(NC2CCC(CNC(=O)Nc3cccc(Cl)c3Cl)CC2)nc2ccccc12.Cl. The molecular weight excluding hydrogens is 495 g/mol. The number of urea groups is 1. The molecule has 1 heterocycles. The second-order valence-electron chi connectivity index (χ2n) is 8.58. The first kappa shape index (κ1) is 26.1. The van der Waals surface area contributed by atoms with Gasteiger partial charge in [-0.2, -0.15) is 4.98 Å². The molecular formula is C24H29Cl3N6O. The number of hydrogen-bond donors (Lipinski definition) is 3. The normalized spacial score (nSPS) is 17.5. The minimum atomic E-state index is -0.278. The fourth-order valence-corrected chi connectivity index (χ4v) is 4.51. The lowest BCUT2D eigenvalue weighted by molar-refractivity contribution is 0.246. The third-order valence-electron chi connectivity index (χ3n) is 5.94. The zero-order valence-corrected chi connectivity index (χ0v) is 21.5. The van der Waals surface area contributed by atoms with Crippen LogP contribution in [0.5, 0.6) is 0 Å². The molecule has 1 saturated carbocycles. The Labute approximate surface area is 216 Å². The van der Waals surface area contributed by atoms with Crippen LogP contribution in [-0.4, -0.2) is 42.7 Å². The Bertz CT molecular complexity index is 1130. The third kappa shape index (κ3) is 6.34. The Kier molecular flexibility index (Phi) is 9.05. The Balaban J connectivity index is 0.00000324. The lowest BCUT2D eigenvalue weighted by atomic mass is 9.86. The molecule has 0 bridgehead atoms. The van der Waals surface area contributed by atoms with Crippen molar-refractivity contribution >= 4 is 70.0 Å². The molecule has 1 aromatic heterocycles. The van der Waals surface area contributed by atoms with Crippen LogP contribution in [-0.2, 0) is 0 Å². The predicted octanol–water partition coefficient (Wildman–Crippen LogP) is 6.22. The predicted molar refractivity (Wildman–Crippen MR) is 144 cm³/mol. The van der Waals surface area contributed by atoms with Crippen molar-refractivity contribution in [2.24, 2.45) is 5.92 Å². The van der Waals surface area contributed by atoms with E-state index in [1.54, 1.807) is 18.2 Å².